The number of fused-ring (bicyclic) bond motifs is 1. The molecule has 0 fully saturated rings. The van der Waals surface area contributed by atoms with Gasteiger partial charge in [-0.1, -0.05) is 41.4 Å². The molecule has 0 unspecified atom stereocenters. The average Bonchev–Trinajstić information content (AvgIpc) is 2.87. The van der Waals surface area contributed by atoms with E-state index in [1.54, 1.807) is 10.2 Å². The van der Waals surface area contributed by atoms with E-state index in [1.807, 2.05) is 50.2 Å². The van der Waals surface area contributed by atoms with Crippen molar-refractivity contribution in [2.45, 2.75) is 20.4 Å². The molecule has 0 radical (unpaired) electrons. The van der Waals surface area contributed by atoms with Crippen molar-refractivity contribution < 1.29 is 10.0 Å². The van der Waals surface area contributed by atoms with Gasteiger partial charge in [-0.2, -0.15) is 5.10 Å². The molecule has 1 heterocycles. The zero-order valence-corrected chi connectivity index (χ0v) is 13.6. The highest BCUT2D eigenvalue weighted by Gasteiger charge is 2.19. The zero-order chi connectivity index (χ0) is 16.6. The van der Waals surface area contributed by atoms with Crippen molar-refractivity contribution in [2.75, 3.05) is 0 Å². The first-order valence-corrected chi connectivity index (χ1v) is 7.54. The topological polar surface area (TPSA) is 67.2 Å². The Hall–Kier alpha value is -2.37. The van der Waals surface area contributed by atoms with Crippen LogP contribution in [0.3, 0.4) is 0 Å². The molecule has 0 aliphatic heterocycles. The minimum absolute atomic E-state index is 0.196. The summed E-state index contributed by atoms with van der Waals surface area (Å²) in [5, 5.41) is 14.7. The number of rotatable bonds is 3. The highest BCUT2D eigenvalue weighted by molar-refractivity contribution is 6.31. The van der Waals surface area contributed by atoms with E-state index in [0.29, 0.717) is 17.0 Å². The maximum Gasteiger partial charge on any atom is 0.295 e. The van der Waals surface area contributed by atoms with E-state index in [-0.39, 0.29) is 5.69 Å². The fourth-order valence-electron chi connectivity index (χ4n) is 2.83. The fourth-order valence-corrected chi connectivity index (χ4v) is 3.03. The van der Waals surface area contributed by atoms with Crippen LogP contribution >= 0.6 is 11.6 Å². The molecule has 0 spiro atoms. The maximum atomic E-state index is 11.9. The van der Waals surface area contributed by atoms with Gasteiger partial charge >= 0.3 is 0 Å². The van der Waals surface area contributed by atoms with Gasteiger partial charge < -0.3 is 0 Å². The first kappa shape index (κ1) is 15.5. The zero-order valence-electron chi connectivity index (χ0n) is 12.8. The Morgan fingerprint density at radius 2 is 2.04 bits per heavy atom. The van der Waals surface area contributed by atoms with Crippen LogP contribution in [-0.2, 0) is 6.54 Å². The van der Waals surface area contributed by atoms with E-state index >= 15 is 0 Å². The van der Waals surface area contributed by atoms with Crippen molar-refractivity contribution in [2.24, 2.45) is 0 Å². The van der Waals surface area contributed by atoms with Crippen molar-refractivity contribution in [1.82, 2.24) is 15.3 Å². The second-order valence-electron chi connectivity index (χ2n) is 5.52. The lowest BCUT2D eigenvalue weighted by atomic mass is 10.1. The molecule has 0 saturated heterocycles. The van der Waals surface area contributed by atoms with Crippen LogP contribution in [0.1, 0.15) is 27.2 Å². The van der Waals surface area contributed by atoms with E-state index in [1.165, 1.54) is 0 Å². The molecular formula is C17H16ClN3O2. The van der Waals surface area contributed by atoms with Crippen molar-refractivity contribution in [3.63, 3.8) is 0 Å². The molecule has 2 aromatic carbocycles. The molecule has 0 atom stereocenters. The number of amides is 1. The molecule has 23 heavy (non-hydrogen) atoms. The Balaban J connectivity index is 2.21. The summed E-state index contributed by atoms with van der Waals surface area (Å²) in [4.78, 5) is 11.9. The summed E-state index contributed by atoms with van der Waals surface area (Å²) in [6, 6.07) is 11.4. The molecule has 118 valence electrons. The van der Waals surface area contributed by atoms with Crippen molar-refractivity contribution in [3.8, 4) is 0 Å². The largest absolute Gasteiger partial charge is 0.295 e. The molecule has 2 N–H and O–H groups in total. The second-order valence-corrected chi connectivity index (χ2v) is 5.92. The molecule has 3 rings (SSSR count). The molecular weight excluding hydrogens is 314 g/mol. The summed E-state index contributed by atoms with van der Waals surface area (Å²) in [7, 11) is 0. The van der Waals surface area contributed by atoms with Gasteiger partial charge in [0.2, 0.25) is 0 Å². The molecule has 0 aliphatic rings. The summed E-state index contributed by atoms with van der Waals surface area (Å²) >= 11 is 6.23. The molecule has 1 amide bonds. The minimum Gasteiger partial charge on any atom is -0.288 e. The van der Waals surface area contributed by atoms with Crippen LogP contribution in [0.5, 0.6) is 0 Å². The first-order chi connectivity index (χ1) is 11.0. The first-order valence-electron chi connectivity index (χ1n) is 7.17. The maximum absolute atomic E-state index is 11.9. The van der Waals surface area contributed by atoms with Gasteiger partial charge in [0.1, 0.15) is 0 Å². The van der Waals surface area contributed by atoms with E-state index in [2.05, 4.69) is 5.10 Å². The number of carbonyl (C=O) groups excluding carboxylic acids is 1. The number of nitrogens with zero attached hydrogens (tertiary/aromatic N) is 2. The van der Waals surface area contributed by atoms with E-state index in [9.17, 15) is 4.79 Å². The van der Waals surface area contributed by atoms with Crippen LogP contribution in [-0.4, -0.2) is 20.9 Å². The lowest BCUT2D eigenvalue weighted by Gasteiger charge is -2.08. The number of benzene rings is 2. The van der Waals surface area contributed by atoms with Crippen molar-refractivity contribution >= 4 is 28.4 Å². The van der Waals surface area contributed by atoms with Crippen LogP contribution in [0.25, 0.3) is 10.9 Å². The Morgan fingerprint density at radius 3 is 2.74 bits per heavy atom. The third-order valence-electron chi connectivity index (χ3n) is 3.77. The van der Waals surface area contributed by atoms with Crippen molar-refractivity contribution in [1.29, 1.82) is 0 Å². The molecule has 0 bridgehead atoms. The van der Waals surface area contributed by atoms with Gasteiger partial charge in [-0.25, -0.2) is 5.48 Å². The number of aryl methyl sites for hydroxylation is 2. The van der Waals surface area contributed by atoms with Crippen LogP contribution < -0.4 is 5.48 Å². The van der Waals surface area contributed by atoms with Crippen LogP contribution in [0.15, 0.2) is 36.4 Å². The normalized spacial score (nSPS) is 11.0. The van der Waals surface area contributed by atoms with Gasteiger partial charge in [-0.15, -0.1) is 0 Å². The molecule has 0 saturated carbocycles. The molecule has 0 aliphatic carbocycles. The summed E-state index contributed by atoms with van der Waals surface area (Å²) in [5.41, 5.74) is 5.66. The van der Waals surface area contributed by atoms with Gasteiger partial charge in [0.15, 0.2) is 5.69 Å². The van der Waals surface area contributed by atoms with E-state index in [4.69, 9.17) is 16.8 Å². The molecule has 1 aromatic heterocycles. The monoisotopic (exact) mass is 329 g/mol. The Labute approximate surface area is 138 Å². The standard InChI is InChI=1S/C17H16ClN3O2/c1-10-7-11(2)16-13(8-10)15(17(22)20-23)19-21(16)9-12-5-3-4-6-14(12)18/h3-8,23H,9H2,1-2H3,(H,20,22). The number of hydrogen-bond acceptors (Lipinski definition) is 3. The number of hydrogen-bond donors (Lipinski definition) is 2. The predicted molar refractivity (Wildman–Crippen MR) is 89.0 cm³/mol. The lowest BCUT2D eigenvalue weighted by molar-refractivity contribution is 0.0701. The van der Waals surface area contributed by atoms with Gasteiger partial charge in [-0.05, 0) is 37.1 Å². The van der Waals surface area contributed by atoms with E-state index in [0.717, 1.165) is 22.2 Å². The third kappa shape index (κ3) is 2.81. The number of nitrogens with one attached hydrogen (secondary N) is 1. The summed E-state index contributed by atoms with van der Waals surface area (Å²) in [5.74, 6) is -0.627. The Bertz CT molecular complexity index is 902. The number of halogens is 1. The quantitative estimate of drug-likeness (QED) is 0.571. The average molecular weight is 330 g/mol. The van der Waals surface area contributed by atoms with Crippen LogP contribution in [0.2, 0.25) is 5.02 Å². The number of hydroxylamine groups is 1. The number of aromatic nitrogens is 2. The highest BCUT2D eigenvalue weighted by Crippen LogP contribution is 2.26. The smallest absolute Gasteiger partial charge is 0.288 e. The molecule has 5 nitrogen and oxygen atoms in total. The van der Waals surface area contributed by atoms with Gasteiger partial charge in [0.05, 0.1) is 12.1 Å². The Kier molecular flexibility index (Phi) is 4.07. The predicted octanol–water partition coefficient (Wildman–Crippen LogP) is 3.47. The SMILES string of the molecule is Cc1cc(C)c2c(c1)c(C(=O)NO)nn2Cc1ccccc1Cl. The highest BCUT2D eigenvalue weighted by atomic mass is 35.5. The van der Waals surface area contributed by atoms with Crippen LogP contribution in [0.4, 0.5) is 0 Å². The second kappa shape index (κ2) is 6.02. The summed E-state index contributed by atoms with van der Waals surface area (Å²) in [6.45, 7) is 4.37. The van der Waals surface area contributed by atoms with Crippen LogP contribution in [0, 0.1) is 13.8 Å². The van der Waals surface area contributed by atoms with Gasteiger partial charge in [0, 0.05) is 10.4 Å². The Morgan fingerprint density at radius 1 is 1.30 bits per heavy atom. The third-order valence-corrected chi connectivity index (χ3v) is 4.14. The van der Waals surface area contributed by atoms with Crippen molar-refractivity contribution in [3.05, 3.63) is 63.8 Å². The summed E-state index contributed by atoms with van der Waals surface area (Å²) in [6.07, 6.45) is 0. The van der Waals surface area contributed by atoms with E-state index < -0.39 is 5.91 Å². The van der Waals surface area contributed by atoms with Gasteiger partial charge in [-0.3, -0.25) is 14.7 Å². The molecule has 6 heteroatoms. The van der Waals surface area contributed by atoms with Gasteiger partial charge in [0.25, 0.3) is 5.91 Å². The lowest BCUT2D eigenvalue weighted by Crippen LogP contribution is -2.19. The fraction of sp³-hybridized carbons (Fsp3) is 0.176. The molecule has 3 aromatic rings. The number of carbonyl (C=O) groups is 1. The summed E-state index contributed by atoms with van der Waals surface area (Å²) < 4.78 is 1.75. The minimum atomic E-state index is -0.627.